The van der Waals surface area contributed by atoms with E-state index in [0.29, 0.717) is 33.6 Å². The first-order valence-electron chi connectivity index (χ1n) is 12.9. The number of nitrogens with zero attached hydrogens (tertiary/aromatic N) is 3. The summed E-state index contributed by atoms with van der Waals surface area (Å²) < 4.78 is 22.3. The van der Waals surface area contributed by atoms with Crippen LogP contribution in [-0.4, -0.2) is 71.2 Å². The molecule has 0 bridgehead atoms. The molecule has 0 saturated heterocycles. The van der Waals surface area contributed by atoms with Gasteiger partial charge in [0, 0.05) is 18.7 Å². The van der Waals surface area contributed by atoms with Crippen LogP contribution in [0.1, 0.15) is 62.5 Å². The van der Waals surface area contributed by atoms with Gasteiger partial charge in [0.25, 0.3) is 5.91 Å². The number of thiophene rings is 1. The molecule has 0 aliphatic heterocycles. The maximum absolute atomic E-state index is 13.1. The Bertz CT molecular complexity index is 1450. The molecule has 42 heavy (non-hydrogen) atoms. The van der Waals surface area contributed by atoms with E-state index in [-0.39, 0.29) is 41.1 Å². The third-order valence-corrected chi connectivity index (χ3v) is 8.24. The number of benzene rings is 1. The fraction of sp³-hybridized carbons (Fsp3) is 0.407. The van der Waals surface area contributed by atoms with E-state index in [4.69, 9.17) is 18.9 Å². The molecule has 0 radical (unpaired) electrons. The summed E-state index contributed by atoms with van der Waals surface area (Å²) in [5, 5.41) is 13.8. The van der Waals surface area contributed by atoms with Gasteiger partial charge in [-0.25, -0.2) is 9.59 Å². The molecule has 2 aromatic heterocycles. The van der Waals surface area contributed by atoms with Crippen molar-refractivity contribution in [3.05, 3.63) is 45.6 Å². The van der Waals surface area contributed by atoms with Gasteiger partial charge in [-0.2, -0.15) is 0 Å². The highest BCUT2D eigenvalue weighted by molar-refractivity contribution is 8.00. The topological polar surface area (TPSA) is 160 Å². The molecule has 3 aromatic rings. The van der Waals surface area contributed by atoms with Gasteiger partial charge in [0.1, 0.15) is 21.4 Å². The Balaban J connectivity index is 1.70. The van der Waals surface area contributed by atoms with E-state index in [0.717, 1.165) is 23.1 Å². The van der Waals surface area contributed by atoms with Crippen molar-refractivity contribution in [3.8, 4) is 11.5 Å². The Morgan fingerprint density at radius 3 is 2.21 bits per heavy atom. The lowest BCUT2D eigenvalue weighted by Crippen LogP contribution is -2.25. The number of esters is 2. The fourth-order valence-electron chi connectivity index (χ4n) is 3.67. The molecule has 0 saturated carbocycles. The Labute approximate surface area is 251 Å². The smallest absolute Gasteiger partial charge is 0.348 e. The molecule has 0 aliphatic carbocycles. The van der Waals surface area contributed by atoms with E-state index in [9.17, 15) is 19.2 Å². The lowest BCUT2D eigenvalue weighted by atomic mass is 10.1. The second kappa shape index (κ2) is 14.7. The lowest BCUT2D eigenvalue weighted by Gasteiger charge is -2.12. The molecule has 2 N–H and O–H groups in total. The predicted molar refractivity (Wildman–Crippen MR) is 157 cm³/mol. The highest BCUT2D eigenvalue weighted by Gasteiger charge is 2.29. The van der Waals surface area contributed by atoms with Crippen molar-refractivity contribution in [2.75, 3.05) is 32.8 Å². The highest BCUT2D eigenvalue weighted by atomic mass is 32.2. The summed E-state index contributed by atoms with van der Waals surface area (Å²) in [5.41, 5.74) is 0.839. The molecular formula is C27H33N5O8S2. The minimum atomic E-state index is -0.664. The molecular weight excluding hydrogens is 586 g/mol. The summed E-state index contributed by atoms with van der Waals surface area (Å²) in [6.07, 6.45) is 0. The molecule has 0 spiro atoms. The number of carbonyl (C=O) groups is 4. The van der Waals surface area contributed by atoms with Crippen molar-refractivity contribution in [2.24, 2.45) is 7.05 Å². The second-order valence-corrected chi connectivity index (χ2v) is 11.0. The average Bonchev–Trinajstić information content (AvgIpc) is 3.49. The molecule has 0 aliphatic rings. The van der Waals surface area contributed by atoms with Crippen LogP contribution in [0.2, 0.25) is 0 Å². The zero-order chi connectivity index (χ0) is 31.0. The summed E-state index contributed by atoms with van der Waals surface area (Å²) in [6.45, 7) is 7.00. The van der Waals surface area contributed by atoms with Crippen LogP contribution in [0.25, 0.3) is 0 Å². The van der Waals surface area contributed by atoms with Gasteiger partial charge in [0.15, 0.2) is 11.0 Å². The maximum atomic E-state index is 13.1. The monoisotopic (exact) mass is 619 g/mol. The number of amides is 2. The van der Waals surface area contributed by atoms with Crippen LogP contribution in [0.3, 0.4) is 0 Å². The van der Waals surface area contributed by atoms with E-state index in [1.165, 1.54) is 14.2 Å². The molecule has 1 aromatic carbocycles. The van der Waals surface area contributed by atoms with Crippen molar-refractivity contribution < 1.29 is 38.1 Å². The van der Waals surface area contributed by atoms with Crippen molar-refractivity contribution in [3.63, 3.8) is 0 Å². The van der Waals surface area contributed by atoms with E-state index >= 15 is 0 Å². The zero-order valence-corrected chi connectivity index (χ0v) is 26.0. The predicted octanol–water partition coefficient (Wildman–Crippen LogP) is 3.60. The van der Waals surface area contributed by atoms with Crippen LogP contribution < -0.4 is 20.1 Å². The quantitative estimate of drug-likeness (QED) is 0.213. The number of thioether (sulfide) groups is 1. The van der Waals surface area contributed by atoms with Crippen molar-refractivity contribution in [1.29, 1.82) is 0 Å². The Hall–Kier alpha value is -4.11. The number of methoxy groups -OCH3 is 2. The second-order valence-electron chi connectivity index (χ2n) is 8.69. The molecule has 0 unspecified atom stereocenters. The number of hydrogen-bond acceptors (Lipinski definition) is 12. The molecule has 15 heteroatoms. The zero-order valence-electron chi connectivity index (χ0n) is 24.4. The largest absolute Gasteiger partial charge is 0.497 e. The number of nitrogens with one attached hydrogen (secondary N) is 2. The first-order chi connectivity index (χ1) is 20.0. The molecule has 2 heterocycles. The lowest BCUT2D eigenvalue weighted by molar-refractivity contribution is -0.115. The molecule has 0 fully saturated rings. The number of hydrogen-bond donors (Lipinski definition) is 2. The minimum absolute atomic E-state index is 0.0804. The standard InChI is InChI=1S/C27H33N5O8S2/c1-8-39-25(35)20-14(3)21(26(36)40-9-2)42-24(20)29-22(33)15(4)41-27-31-30-19(32(27)5)13-28-23(34)16-10-17(37-6)12-18(11-16)38-7/h10-12,15H,8-9,13H2,1-7H3,(H,28,34)(H,29,33)/t15-/m0/s1. The average molecular weight is 620 g/mol. The summed E-state index contributed by atoms with van der Waals surface area (Å²) in [5.74, 6) is -0.593. The third kappa shape index (κ3) is 7.59. The SMILES string of the molecule is CCOC(=O)c1sc(NC(=O)[C@H](C)Sc2nnc(CNC(=O)c3cc(OC)cc(OC)c3)n2C)c(C(=O)OCC)c1C. The van der Waals surface area contributed by atoms with Crippen molar-refractivity contribution in [1.82, 2.24) is 20.1 Å². The van der Waals surface area contributed by atoms with Gasteiger partial charge in [-0.05, 0) is 45.4 Å². The van der Waals surface area contributed by atoms with Gasteiger partial charge in [-0.3, -0.25) is 9.59 Å². The normalized spacial score (nSPS) is 11.4. The molecule has 13 nitrogen and oxygen atoms in total. The van der Waals surface area contributed by atoms with Crippen LogP contribution in [0.15, 0.2) is 23.4 Å². The minimum Gasteiger partial charge on any atom is -0.497 e. The van der Waals surface area contributed by atoms with Crippen LogP contribution in [0.4, 0.5) is 5.00 Å². The van der Waals surface area contributed by atoms with Crippen molar-refractivity contribution >= 4 is 51.9 Å². The summed E-state index contributed by atoms with van der Waals surface area (Å²) in [6, 6.07) is 4.85. The number of carbonyl (C=O) groups excluding carboxylic acids is 4. The van der Waals surface area contributed by atoms with E-state index in [1.54, 1.807) is 57.5 Å². The maximum Gasteiger partial charge on any atom is 0.348 e. The van der Waals surface area contributed by atoms with Crippen molar-refractivity contribution in [2.45, 2.75) is 44.6 Å². The molecule has 3 rings (SSSR count). The van der Waals surface area contributed by atoms with Gasteiger partial charge in [-0.1, -0.05) is 11.8 Å². The first kappa shape index (κ1) is 32.4. The Morgan fingerprint density at radius 2 is 1.62 bits per heavy atom. The summed E-state index contributed by atoms with van der Waals surface area (Å²) >= 11 is 2.09. The van der Waals surface area contributed by atoms with Gasteiger partial charge in [0.2, 0.25) is 5.91 Å². The highest BCUT2D eigenvalue weighted by Crippen LogP contribution is 2.35. The fourth-order valence-corrected chi connectivity index (χ4v) is 5.59. The molecule has 226 valence electrons. The number of ether oxygens (including phenoxy) is 4. The van der Waals surface area contributed by atoms with Crippen LogP contribution in [0.5, 0.6) is 11.5 Å². The van der Waals surface area contributed by atoms with E-state index < -0.39 is 23.1 Å². The van der Waals surface area contributed by atoms with Crippen LogP contribution in [-0.2, 0) is 27.9 Å². The van der Waals surface area contributed by atoms with E-state index in [2.05, 4.69) is 20.8 Å². The Morgan fingerprint density at radius 1 is 1.00 bits per heavy atom. The summed E-state index contributed by atoms with van der Waals surface area (Å²) in [7, 11) is 4.71. The van der Waals surface area contributed by atoms with E-state index in [1.807, 2.05) is 0 Å². The molecule has 1 atom stereocenters. The first-order valence-corrected chi connectivity index (χ1v) is 14.6. The van der Waals surface area contributed by atoms with Crippen LogP contribution >= 0.6 is 23.1 Å². The Kier molecular flexibility index (Phi) is 11.3. The van der Waals surface area contributed by atoms with Crippen LogP contribution in [0, 0.1) is 6.92 Å². The summed E-state index contributed by atoms with van der Waals surface area (Å²) in [4.78, 5) is 51.1. The third-order valence-electron chi connectivity index (χ3n) is 5.92. The number of rotatable bonds is 13. The van der Waals surface area contributed by atoms with Gasteiger partial charge in [0.05, 0.1) is 44.8 Å². The molecule has 2 amide bonds. The van der Waals surface area contributed by atoms with Gasteiger partial charge >= 0.3 is 11.9 Å². The van der Waals surface area contributed by atoms with Gasteiger partial charge in [-0.15, -0.1) is 21.5 Å². The number of anilines is 1. The van der Waals surface area contributed by atoms with Gasteiger partial charge < -0.3 is 34.1 Å². The number of aromatic nitrogens is 3.